The molecule has 126 valence electrons. The van der Waals surface area contributed by atoms with Crippen LogP contribution < -0.4 is 0 Å². The molecule has 5 heteroatoms. The van der Waals surface area contributed by atoms with E-state index in [1.165, 1.54) is 10.9 Å². The standard InChI is InChI=1S/C19H22N2O3/c22-18(12-4-3-5-13(10-12)19(23)24)21-9-8-15-14-6-1-2-7-16(14)20-17(15)11-21/h1-2,6-7,12-13,20H,3-5,8-11H2,(H,23,24)/t12-,13+/m1/s1. The molecule has 0 bridgehead atoms. The molecule has 2 heterocycles. The predicted octanol–water partition coefficient (Wildman–Crippen LogP) is 2.94. The van der Waals surface area contributed by atoms with Gasteiger partial charge < -0.3 is 15.0 Å². The summed E-state index contributed by atoms with van der Waals surface area (Å²) in [5, 5.41) is 10.5. The second-order valence-corrected chi connectivity index (χ2v) is 7.04. The quantitative estimate of drug-likeness (QED) is 0.891. The summed E-state index contributed by atoms with van der Waals surface area (Å²) in [7, 11) is 0. The second-order valence-electron chi connectivity index (χ2n) is 7.04. The van der Waals surface area contributed by atoms with E-state index in [9.17, 15) is 14.7 Å². The van der Waals surface area contributed by atoms with Crippen molar-refractivity contribution >= 4 is 22.8 Å². The van der Waals surface area contributed by atoms with Crippen LogP contribution in [0.1, 0.15) is 36.9 Å². The van der Waals surface area contributed by atoms with Gasteiger partial charge in [-0.25, -0.2) is 0 Å². The second kappa shape index (κ2) is 5.96. The first-order valence-corrected chi connectivity index (χ1v) is 8.73. The Morgan fingerprint density at radius 3 is 2.79 bits per heavy atom. The molecule has 1 aliphatic carbocycles. The lowest BCUT2D eigenvalue weighted by Gasteiger charge is -2.33. The monoisotopic (exact) mass is 326 g/mol. The number of nitrogens with zero attached hydrogens (tertiary/aromatic N) is 1. The zero-order valence-electron chi connectivity index (χ0n) is 13.6. The SMILES string of the molecule is O=C(O)[C@H]1CCC[C@@H](C(=O)N2CCc3c([nH]c4ccccc34)C2)C1. The van der Waals surface area contributed by atoms with Crippen LogP contribution in [-0.4, -0.2) is 33.4 Å². The van der Waals surface area contributed by atoms with Crippen LogP contribution in [0, 0.1) is 11.8 Å². The molecular weight excluding hydrogens is 304 g/mol. The molecule has 0 saturated heterocycles. The lowest BCUT2D eigenvalue weighted by molar-refractivity contribution is -0.145. The maximum atomic E-state index is 12.9. The van der Waals surface area contributed by atoms with Crippen molar-refractivity contribution < 1.29 is 14.7 Å². The topological polar surface area (TPSA) is 73.4 Å². The Hall–Kier alpha value is -2.30. The zero-order valence-corrected chi connectivity index (χ0v) is 13.6. The number of benzene rings is 1. The molecule has 1 amide bonds. The Kier molecular flexibility index (Phi) is 3.79. The fourth-order valence-corrected chi connectivity index (χ4v) is 4.28. The molecule has 5 nitrogen and oxygen atoms in total. The van der Waals surface area contributed by atoms with Crippen molar-refractivity contribution in [3.63, 3.8) is 0 Å². The Bertz CT molecular complexity index is 795. The fourth-order valence-electron chi connectivity index (χ4n) is 4.28. The number of aromatic amines is 1. The van der Waals surface area contributed by atoms with Gasteiger partial charge in [0.25, 0.3) is 0 Å². The molecule has 1 aliphatic heterocycles. The number of para-hydroxylation sites is 1. The van der Waals surface area contributed by atoms with Gasteiger partial charge in [-0.05, 0) is 37.3 Å². The van der Waals surface area contributed by atoms with E-state index in [-0.39, 0.29) is 17.7 Å². The number of aliphatic carboxylic acids is 1. The van der Waals surface area contributed by atoms with Crippen LogP contribution in [0.4, 0.5) is 0 Å². The van der Waals surface area contributed by atoms with E-state index in [1.54, 1.807) is 0 Å². The van der Waals surface area contributed by atoms with Crippen molar-refractivity contribution in [2.45, 2.75) is 38.6 Å². The smallest absolute Gasteiger partial charge is 0.306 e. The average molecular weight is 326 g/mol. The van der Waals surface area contributed by atoms with Gasteiger partial charge in [-0.2, -0.15) is 0 Å². The summed E-state index contributed by atoms with van der Waals surface area (Å²) < 4.78 is 0. The van der Waals surface area contributed by atoms with Crippen molar-refractivity contribution in [2.24, 2.45) is 11.8 Å². The number of carboxylic acids is 1. The number of hydrogen-bond acceptors (Lipinski definition) is 2. The van der Waals surface area contributed by atoms with E-state index in [0.29, 0.717) is 19.4 Å². The summed E-state index contributed by atoms with van der Waals surface area (Å²) in [6.45, 7) is 1.33. The summed E-state index contributed by atoms with van der Waals surface area (Å²) in [6, 6.07) is 8.25. The molecule has 1 fully saturated rings. The number of aromatic nitrogens is 1. The average Bonchev–Trinajstić information content (AvgIpc) is 2.99. The third-order valence-electron chi connectivity index (χ3n) is 5.57. The molecular formula is C19H22N2O3. The molecule has 0 spiro atoms. The van der Waals surface area contributed by atoms with Gasteiger partial charge in [-0.15, -0.1) is 0 Å². The molecule has 4 rings (SSSR count). The number of hydrogen-bond donors (Lipinski definition) is 2. The summed E-state index contributed by atoms with van der Waals surface area (Å²) >= 11 is 0. The number of rotatable bonds is 2. The van der Waals surface area contributed by atoms with Gasteiger partial charge in [0.1, 0.15) is 0 Å². The summed E-state index contributed by atoms with van der Waals surface area (Å²) in [6.07, 6.45) is 3.70. The number of carbonyl (C=O) groups is 2. The summed E-state index contributed by atoms with van der Waals surface area (Å²) in [4.78, 5) is 29.4. The van der Waals surface area contributed by atoms with Crippen molar-refractivity contribution in [1.82, 2.24) is 9.88 Å². The molecule has 24 heavy (non-hydrogen) atoms. The molecule has 0 radical (unpaired) electrons. The largest absolute Gasteiger partial charge is 0.481 e. The van der Waals surface area contributed by atoms with E-state index < -0.39 is 5.97 Å². The highest BCUT2D eigenvalue weighted by Crippen LogP contribution is 2.33. The van der Waals surface area contributed by atoms with Gasteiger partial charge in [-0.3, -0.25) is 9.59 Å². The van der Waals surface area contributed by atoms with Crippen molar-refractivity contribution in [1.29, 1.82) is 0 Å². The van der Waals surface area contributed by atoms with Crippen LogP contribution in [-0.2, 0) is 22.6 Å². The van der Waals surface area contributed by atoms with Gasteiger partial charge in [0.15, 0.2) is 0 Å². The fraction of sp³-hybridized carbons (Fsp3) is 0.474. The first kappa shape index (κ1) is 15.2. The first-order valence-electron chi connectivity index (χ1n) is 8.73. The maximum Gasteiger partial charge on any atom is 0.306 e. The van der Waals surface area contributed by atoms with Crippen LogP contribution in [0.2, 0.25) is 0 Å². The molecule has 2 aromatic rings. The van der Waals surface area contributed by atoms with Crippen molar-refractivity contribution in [3.8, 4) is 0 Å². The lowest BCUT2D eigenvalue weighted by atomic mass is 9.80. The van der Waals surface area contributed by atoms with Crippen LogP contribution >= 0.6 is 0 Å². The van der Waals surface area contributed by atoms with Gasteiger partial charge in [0, 0.05) is 29.1 Å². The third-order valence-corrected chi connectivity index (χ3v) is 5.57. The Morgan fingerprint density at radius 2 is 1.96 bits per heavy atom. The third kappa shape index (κ3) is 2.58. The molecule has 2 N–H and O–H groups in total. The molecule has 0 unspecified atom stereocenters. The molecule has 1 aromatic heterocycles. The predicted molar refractivity (Wildman–Crippen MR) is 90.5 cm³/mol. The Labute approximate surface area is 140 Å². The minimum absolute atomic E-state index is 0.130. The Morgan fingerprint density at radius 1 is 1.17 bits per heavy atom. The van der Waals surface area contributed by atoms with Gasteiger partial charge in [-0.1, -0.05) is 24.6 Å². The van der Waals surface area contributed by atoms with Crippen LogP contribution in [0.15, 0.2) is 24.3 Å². The van der Waals surface area contributed by atoms with Crippen molar-refractivity contribution in [2.75, 3.05) is 6.54 Å². The summed E-state index contributed by atoms with van der Waals surface area (Å²) in [5.41, 5.74) is 3.57. The number of carboxylic acid groups (broad SMARTS) is 1. The number of fused-ring (bicyclic) bond motifs is 3. The van der Waals surface area contributed by atoms with E-state index >= 15 is 0 Å². The van der Waals surface area contributed by atoms with Crippen LogP contribution in [0.25, 0.3) is 10.9 Å². The lowest BCUT2D eigenvalue weighted by Crippen LogP contribution is -2.41. The highest BCUT2D eigenvalue weighted by Gasteiger charge is 2.34. The van der Waals surface area contributed by atoms with E-state index in [1.807, 2.05) is 17.0 Å². The van der Waals surface area contributed by atoms with Gasteiger partial charge >= 0.3 is 5.97 Å². The number of amides is 1. The number of H-pyrrole nitrogens is 1. The number of nitrogens with one attached hydrogen (secondary N) is 1. The van der Waals surface area contributed by atoms with Crippen LogP contribution in [0.5, 0.6) is 0 Å². The summed E-state index contributed by atoms with van der Waals surface area (Å²) in [5.74, 6) is -1.12. The van der Waals surface area contributed by atoms with Crippen molar-refractivity contribution in [3.05, 3.63) is 35.5 Å². The molecule has 2 aliphatic rings. The molecule has 2 atom stereocenters. The molecule has 1 aromatic carbocycles. The maximum absolute atomic E-state index is 12.9. The van der Waals surface area contributed by atoms with Gasteiger partial charge in [0.05, 0.1) is 12.5 Å². The van der Waals surface area contributed by atoms with Gasteiger partial charge in [0.2, 0.25) is 5.91 Å². The number of carbonyl (C=O) groups excluding carboxylic acids is 1. The Balaban J connectivity index is 1.51. The minimum atomic E-state index is -0.760. The first-order chi connectivity index (χ1) is 11.6. The minimum Gasteiger partial charge on any atom is -0.481 e. The van der Waals surface area contributed by atoms with Crippen LogP contribution in [0.3, 0.4) is 0 Å². The normalized spacial score (nSPS) is 23.9. The molecule has 1 saturated carbocycles. The zero-order chi connectivity index (χ0) is 16.7. The van der Waals surface area contributed by atoms with E-state index in [0.717, 1.165) is 37.0 Å². The van der Waals surface area contributed by atoms with E-state index in [4.69, 9.17) is 0 Å². The highest BCUT2D eigenvalue weighted by atomic mass is 16.4. The van der Waals surface area contributed by atoms with E-state index in [2.05, 4.69) is 17.1 Å². The highest BCUT2D eigenvalue weighted by molar-refractivity contribution is 5.86.